The molecule has 2 saturated heterocycles. The molecular weight excluding hydrogens is 633 g/mol. The van der Waals surface area contributed by atoms with E-state index in [0.717, 1.165) is 40.5 Å². The van der Waals surface area contributed by atoms with E-state index in [4.69, 9.17) is 23.2 Å². The number of aryl methyl sites for hydroxylation is 1. The van der Waals surface area contributed by atoms with Crippen LogP contribution in [0.3, 0.4) is 0 Å². The minimum absolute atomic E-state index is 0.0722. The first-order valence-electron chi connectivity index (χ1n) is 14.2. The number of carboxylic acids is 1. The van der Waals surface area contributed by atoms with Crippen molar-refractivity contribution in [2.45, 2.75) is 56.1 Å². The van der Waals surface area contributed by atoms with Gasteiger partial charge in [0.1, 0.15) is 23.4 Å². The molecule has 3 N–H and O–H groups in total. The number of piperidine rings is 1. The molecule has 236 valence electrons. The van der Waals surface area contributed by atoms with Gasteiger partial charge in [-0.1, -0.05) is 23.2 Å². The maximum Gasteiger partial charge on any atom is 0.328 e. The molecule has 13 nitrogen and oxygen atoms in total. The summed E-state index contributed by atoms with van der Waals surface area (Å²) in [5, 5.41) is 15.0. The number of aromatic nitrogens is 3. The van der Waals surface area contributed by atoms with E-state index >= 15 is 0 Å². The van der Waals surface area contributed by atoms with E-state index < -0.39 is 40.0 Å². The molecule has 2 atom stereocenters. The standard InChI is InChI=1S/C28H33Cl2N7O6S/c1-17-33-22-14-31-7-4-24(22)36(17)16-18-5-9-35(10-6-18)28(41)32-15-23(27(39)40)34-26(38)25-3-2-8-37(25)44(42,43)21-12-19(29)11-20(30)13-21/h4,7,11-14,18,23,25H,2-3,5-6,8-10,15-16H2,1H3,(H,32,41)(H,34,38)(H,39,40)/t23-,25-/m0/s1. The highest BCUT2D eigenvalue weighted by Crippen LogP contribution is 2.30. The van der Waals surface area contributed by atoms with Crippen LogP contribution in [0.2, 0.25) is 10.0 Å². The van der Waals surface area contributed by atoms with Crippen LogP contribution in [-0.2, 0) is 26.2 Å². The highest BCUT2D eigenvalue weighted by Gasteiger charge is 2.41. The third-order valence-electron chi connectivity index (χ3n) is 8.10. The number of hydrogen-bond donors (Lipinski definition) is 3. The normalized spacial score (nSPS) is 18.8. The number of hydrogen-bond acceptors (Lipinski definition) is 7. The van der Waals surface area contributed by atoms with Gasteiger partial charge in [0.2, 0.25) is 15.9 Å². The Labute approximate surface area is 264 Å². The molecule has 0 bridgehead atoms. The average Bonchev–Trinajstić information content (AvgIpc) is 3.60. The number of carbonyl (C=O) groups excluding carboxylic acids is 2. The molecule has 2 aliphatic heterocycles. The second-order valence-corrected chi connectivity index (χ2v) is 13.8. The van der Waals surface area contributed by atoms with Crippen LogP contribution in [0.5, 0.6) is 0 Å². The molecule has 3 aromatic rings. The van der Waals surface area contributed by atoms with Crippen molar-refractivity contribution in [1.29, 1.82) is 0 Å². The van der Waals surface area contributed by atoms with Crippen LogP contribution >= 0.6 is 23.2 Å². The maximum absolute atomic E-state index is 13.3. The number of pyridine rings is 1. The zero-order valence-corrected chi connectivity index (χ0v) is 26.3. The fraction of sp³-hybridized carbons (Fsp3) is 0.464. The van der Waals surface area contributed by atoms with Crippen LogP contribution in [0.15, 0.2) is 41.6 Å². The summed E-state index contributed by atoms with van der Waals surface area (Å²) in [5.74, 6) is -0.880. The summed E-state index contributed by atoms with van der Waals surface area (Å²) in [7, 11) is -4.14. The van der Waals surface area contributed by atoms with Crippen molar-refractivity contribution in [3.05, 3.63) is 52.5 Å². The van der Waals surface area contributed by atoms with Gasteiger partial charge in [0.05, 0.1) is 23.2 Å². The highest BCUT2D eigenvalue weighted by molar-refractivity contribution is 7.89. The van der Waals surface area contributed by atoms with Gasteiger partial charge in [-0.05, 0) is 62.8 Å². The van der Waals surface area contributed by atoms with E-state index in [1.165, 1.54) is 18.2 Å². The lowest BCUT2D eigenvalue weighted by molar-refractivity contribution is -0.142. The third-order valence-corrected chi connectivity index (χ3v) is 10.4. The van der Waals surface area contributed by atoms with Crippen molar-refractivity contribution >= 4 is 62.2 Å². The number of rotatable bonds is 9. The maximum atomic E-state index is 13.3. The van der Waals surface area contributed by atoms with Crippen LogP contribution in [-0.4, -0.2) is 93.4 Å². The lowest BCUT2D eigenvalue weighted by atomic mass is 9.97. The summed E-state index contributed by atoms with van der Waals surface area (Å²) < 4.78 is 29.8. The number of aliphatic carboxylic acids is 1. The number of amides is 3. The Morgan fingerprint density at radius 3 is 2.48 bits per heavy atom. The number of carbonyl (C=O) groups is 3. The molecule has 0 radical (unpaired) electrons. The van der Waals surface area contributed by atoms with E-state index in [9.17, 15) is 27.9 Å². The van der Waals surface area contributed by atoms with Crippen molar-refractivity contribution < 1.29 is 27.9 Å². The SMILES string of the molecule is Cc1nc2cnccc2n1CC1CCN(C(=O)NC[C@H](NC(=O)[C@@H]2CCCN2S(=O)(=O)c2cc(Cl)cc(Cl)c2)C(=O)O)CC1. The molecule has 1 aromatic carbocycles. The van der Waals surface area contributed by atoms with Gasteiger partial charge in [-0.2, -0.15) is 4.31 Å². The van der Waals surface area contributed by atoms with Crippen molar-refractivity contribution in [2.75, 3.05) is 26.2 Å². The number of carboxylic acid groups (broad SMARTS) is 1. The Balaban J connectivity index is 1.14. The number of nitrogens with zero attached hydrogens (tertiary/aromatic N) is 5. The van der Waals surface area contributed by atoms with E-state index in [1.54, 1.807) is 17.3 Å². The third kappa shape index (κ3) is 6.93. The van der Waals surface area contributed by atoms with Gasteiger partial charge in [-0.3, -0.25) is 9.78 Å². The zero-order chi connectivity index (χ0) is 31.6. The Bertz CT molecular complexity index is 1660. The lowest BCUT2D eigenvalue weighted by Gasteiger charge is -2.32. The number of imidazole rings is 1. The summed E-state index contributed by atoms with van der Waals surface area (Å²) in [5.41, 5.74) is 1.86. The molecule has 3 amide bonds. The first-order chi connectivity index (χ1) is 20.9. The first-order valence-corrected chi connectivity index (χ1v) is 16.4. The van der Waals surface area contributed by atoms with E-state index in [2.05, 4.69) is 25.2 Å². The topological polar surface area (TPSA) is 167 Å². The van der Waals surface area contributed by atoms with E-state index in [0.29, 0.717) is 25.4 Å². The lowest BCUT2D eigenvalue weighted by Crippen LogP contribution is -2.55. The van der Waals surface area contributed by atoms with E-state index in [1.807, 2.05) is 13.0 Å². The minimum Gasteiger partial charge on any atom is -0.480 e. The van der Waals surface area contributed by atoms with Crippen LogP contribution in [0.4, 0.5) is 4.79 Å². The monoisotopic (exact) mass is 665 g/mol. The van der Waals surface area contributed by atoms with Crippen LogP contribution in [0.25, 0.3) is 11.0 Å². The predicted octanol–water partition coefficient (Wildman–Crippen LogP) is 2.89. The molecule has 0 aliphatic carbocycles. The number of benzene rings is 1. The Morgan fingerprint density at radius 1 is 1.09 bits per heavy atom. The second-order valence-electron chi connectivity index (χ2n) is 11.0. The van der Waals surface area contributed by atoms with Gasteiger partial charge in [0.15, 0.2) is 0 Å². The first kappa shape index (κ1) is 31.9. The fourth-order valence-corrected chi connectivity index (χ4v) is 8.16. The molecule has 4 heterocycles. The highest BCUT2D eigenvalue weighted by atomic mass is 35.5. The van der Waals surface area contributed by atoms with Gasteiger partial charge in [-0.25, -0.2) is 23.0 Å². The number of sulfonamides is 1. The van der Waals surface area contributed by atoms with Crippen LogP contribution < -0.4 is 10.6 Å². The van der Waals surface area contributed by atoms with E-state index in [-0.39, 0.29) is 34.5 Å². The summed E-state index contributed by atoms with van der Waals surface area (Å²) in [4.78, 5) is 48.2. The minimum atomic E-state index is -4.14. The van der Waals surface area contributed by atoms with Crippen LogP contribution in [0.1, 0.15) is 31.5 Å². The quantitative estimate of drug-likeness (QED) is 0.314. The molecular formula is C28H33Cl2N7O6S. The van der Waals surface area contributed by atoms with Gasteiger partial charge < -0.3 is 25.2 Å². The summed E-state index contributed by atoms with van der Waals surface area (Å²) in [6, 6.07) is 2.81. The smallest absolute Gasteiger partial charge is 0.328 e. The Morgan fingerprint density at radius 2 is 1.80 bits per heavy atom. The molecule has 5 rings (SSSR count). The number of fused-ring (bicyclic) bond motifs is 1. The Kier molecular flexibility index (Phi) is 9.63. The number of nitrogens with one attached hydrogen (secondary N) is 2. The summed E-state index contributed by atoms with van der Waals surface area (Å²) >= 11 is 12.0. The number of halogens is 2. The van der Waals surface area contributed by atoms with Gasteiger partial charge in [0.25, 0.3) is 0 Å². The molecule has 2 aromatic heterocycles. The molecule has 44 heavy (non-hydrogen) atoms. The summed E-state index contributed by atoms with van der Waals surface area (Å²) in [6.45, 7) is 3.43. The molecule has 2 fully saturated rings. The second kappa shape index (κ2) is 13.3. The molecule has 0 spiro atoms. The molecule has 0 saturated carbocycles. The van der Waals surface area contributed by atoms with Gasteiger partial charge in [0, 0.05) is 42.4 Å². The Hall–Kier alpha value is -3.46. The summed E-state index contributed by atoms with van der Waals surface area (Å²) in [6.07, 6.45) is 5.62. The predicted molar refractivity (Wildman–Crippen MR) is 163 cm³/mol. The fourth-order valence-electron chi connectivity index (χ4n) is 5.78. The number of urea groups is 1. The average molecular weight is 667 g/mol. The number of likely N-dealkylation sites (tertiary alicyclic amines) is 1. The molecule has 2 aliphatic rings. The van der Waals surface area contributed by atoms with Crippen LogP contribution in [0, 0.1) is 12.8 Å². The van der Waals surface area contributed by atoms with Crippen molar-refractivity contribution in [1.82, 2.24) is 34.4 Å². The molecule has 16 heteroatoms. The zero-order valence-electron chi connectivity index (χ0n) is 23.9. The van der Waals surface area contributed by atoms with Gasteiger partial charge >= 0.3 is 12.0 Å². The van der Waals surface area contributed by atoms with Crippen molar-refractivity contribution in [3.63, 3.8) is 0 Å². The molecule has 0 unspecified atom stereocenters. The van der Waals surface area contributed by atoms with Crippen molar-refractivity contribution in [3.8, 4) is 0 Å². The largest absolute Gasteiger partial charge is 0.480 e. The van der Waals surface area contributed by atoms with Gasteiger partial charge in [-0.15, -0.1) is 0 Å². The van der Waals surface area contributed by atoms with Crippen molar-refractivity contribution in [2.24, 2.45) is 5.92 Å².